The van der Waals surface area contributed by atoms with Gasteiger partial charge in [-0.3, -0.25) is 5.84 Å². The molecule has 1 aliphatic heterocycles. The van der Waals surface area contributed by atoms with Gasteiger partial charge >= 0.3 is 0 Å². The van der Waals surface area contributed by atoms with E-state index in [-0.39, 0.29) is 6.04 Å². The lowest BCUT2D eigenvalue weighted by molar-refractivity contribution is 0.169. The molecule has 0 spiro atoms. The van der Waals surface area contributed by atoms with Crippen LogP contribution in [0.1, 0.15) is 28.3 Å². The molecule has 3 N–H and O–H groups in total. The van der Waals surface area contributed by atoms with Crippen molar-refractivity contribution in [2.75, 3.05) is 13.2 Å². The van der Waals surface area contributed by atoms with Crippen molar-refractivity contribution in [1.29, 1.82) is 0 Å². The second kappa shape index (κ2) is 5.76. The standard InChI is InChI=1S/C17H20N2O2/c1-11-8-12(2)10-13(9-11)16(19-18)14-4-3-5-15-17(14)21-7-6-20-15/h3-5,8-10,16,19H,6-7,18H2,1-2H3. The van der Waals surface area contributed by atoms with Gasteiger partial charge in [0.2, 0.25) is 0 Å². The first-order valence-corrected chi connectivity index (χ1v) is 7.12. The summed E-state index contributed by atoms with van der Waals surface area (Å²) in [4.78, 5) is 0. The van der Waals surface area contributed by atoms with Gasteiger partial charge < -0.3 is 9.47 Å². The summed E-state index contributed by atoms with van der Waals surface area (Å²) in [6, 6.07) is 12.2. The van der Waals surface area contributed by atoms with E-state index in [2.05, 4.69) is 37.5 Å². The molecular weight excluding hydrogens is 264 g/mol. The highest BCUT2D eigenvalue weighted by molar-refractivity contribution is 5.51. The van der Waals surface area contributed by atoms with Crippen LogP contribution in [0.4, 0.5) is 0 Å². The van der Waals surface area contributed by atoms with Crippen LogP contribution in [0.3, 0.4) is 0 Å². The van der Waals surface area contributed by atoms with Crippen LogP contribution in [0.15, 0.2) is 36.4 Å². The number of nitrogens with one attached hydrogen (secondary N) is 1. The predicted octanol–water partition coefficient (Wildman–Crippen LogP) is 2.63. The molecule has 0 saturated heterocycles. The molecule has 1 heterocycles. The number of ether oxygens (including phenoxy) is 2. The zero-order valence-corrected chi connectivity index (χ0v) is 12.3. The second-order valence-corrected chi connectivity index (χ2v) is 5.39. The van der Waals surface area contributed by atoms with Crippen molar-refractivity contribution < 1.29 is 9.47 Å². The highest BCUT2D eigenvalue weighted by Crippen LogP contribution is 2.39. The van der Waals surface area contributed by atoms with Gasteiger partial charge in [0.15, 0.2) is 11.5 Å². The molecule has 0 aliphatic carbocycles. The van der Waals surface area contributed by atoms with E-state index in [0.29, 0.717) is 13.2 Å². The van der Waals surface area contributed by atoms with Gasteiger partial charge in [-0.25, -0.2) is 5.43 Å². The molecule has 0 amide bonds. The SMILES string of the molecule is Cc1cc(C)cc(C(NN)c2cccc3c2OCCO3)c1. The number of hydrazine groups is 1. The first-order valence-electron chi connectivity index (χ1n) is 7.12. The zero-order chi connectivity index (χ0) is 14.8. The minimum absolute atomic E-state index is 0.125. The Morgan fingerprint density at radius 1 is 1.05 bits per heavy atom. The smallest absolute Gasteiger partial charge is 0.166 e. The van der Waals surface area contributed by atoms with E-state index in [4.69, 9.17) is 15.3 Å². The molecule has 1 aliphatic rings. The van der Waals surface area contributed by atoms with E-state index < -0.39 is 0 Å². The Kier molecular flexibility index (Phi) is 3.82. The first kappa shape index (κ1) is 13.9. The average molecular weight is 284 g/mol. The highest BCUT2D eigenvalue weighted by Gasteiger charge is 2.22. The molecule has 2 aromatic carbocycles. The van der Waals surface area contributed by atoms with Crippen LogP contribution in [0.25, 0.3) is 0 Å². The lowest BCUT2D eigenvalue weighted by Gasteiger charge is -2.25. The summed E-state index contributed by atoms with van der Waals surface area (Å²) in [6.07, 6.45) is 0. The van der Waals surface area contributed by atoms with Gasteiger partial charge in [-0.15, -0.1) is 0 Å². The van der Waals surface area contributed by atoms with Crippen molar-refractivity contribution in [3.05, 3.63) is 58.7 Å². The van der Waals surface area contributed by atoms with Crippen molar-refractivity contribution in [1.82, 2.24) is 5.43 Å². The van der Waals surface area contributed by atoms with Crippen molar-refractivity contribution in [3.63, 3.8) is 0 Å². The lowest BCUT2D eigenvalue weighted by atomic mass is 9.95. The normalized spacial score (nSPS) is 14.8. The number of para-hydroxylation sites is 1. The quantitative estimate of drug-likeness (QED) is 0.672. The Labute approximate surface area is 124 Å². The summed E-state index contributed by atoms with van der Waals surface area (Å²) < 4.78 is 11.4. The number of fused-ring (bicyclic) bond motifs is 1. The average Bonchev–Trinajstić information content (AvgIpc) is 2.47. The van der Waals surface area contributed by atoms with Crippen molar-refractivity contribution >= 4 is 0 Å². The van der Waals surface area contributed by atoms with E-state index in [1.807, 2.05) is 18.2 Å². The van der Waals surface area contributed by atoms with Gasteiger partial charge in [-0.2, -0.15) is 0 Å². The van der Waals surface area contributed by atoms with Crippen LogP contribution in [-0.4, -0.2) is 13.2 Å². The number of aryl methyl sites for hydroxylation is 2. The number of hydrogen-bond acceptors (Lipinski definition) is 4. The molecule has 1 unspecified atom stereocenters. The predicted molar refractivity (Wildman–Crippen MR) is 82.5 cm³/mol. The van der Waals surface area contributed by atoms with Gasteiger partial charge in [-0.05, 0) is 25.5 Å². The summed E-state index contributed by atoms with van der Waals surface area (Å²) in [5.41, 5.74) is 7.46. The monoisotopic (exact) mass is 284 g/mol. The third-order valence-corrected chi connectivity index (χ3v) is 3.65. The second-order valence-electron chi connectivity index (χ2n) is 5.39. The van der Waals surface area contributed by atoms with Crippen LogP contribution >= 0.6 is 0 Å². The third-order valence-electron chi connectivity index (χ3n) is 3.65. The minimum atomic E-state index is -0.125. The summed E-state index contributed by atoms with van der Waals surface area (Å²) in [5.74, 6) is 7.39. The molecule has 4 heteroatoms. The fraction of sp³-hybridized carbons (Fsp3) is 0.294. The molecule has 4 nitrogen and oxygen atoms in total. The third kappa shape index (κ3) is 2.73. The Morgan fingerprint density at radius 2 is 1.76 bits per heavy atom. The maximum absolute atomic E-state index is 5.82. The first-order chi connectivity index (χ1) is 10.2. The van der Waals surface area contributed by atoms with Crippen molar-refractivity contribution in [2.45, 2.75) is 19.9 Å². The van der Waals surface area contributed by atoms with Crippen LogP contribution in [0.2, 0.25) is 0 Å². The van der Waals surface area contributed by atoms with E-state index in [1.165, 1.54) is 11.1 Å². The minimum Gasteiger partial charge on any atom is -0.486 e. The zero-order valence-electron chi connectivity index (χ0n) is 12.3. The van der Waals surface area contributed by atoms with Crippen LogP contribution < -0.4 is 20.7 Å². The van der Waals surface area contributed by atoms with Gasteiger partial charge in [0, 0.05) is 5.56 Å². The van der Waals surface area contributed by atoms with Gasteiger partial charge in [0.05, 0.1) is 6.04 Å². The molecule has 0 saturated carbocycles. The Hall–Kier alpha value is -2.04. The fourth-order valence-corrected chi connectivity index (χ4v) is 2.87. The van der Waals surface area contributed by atoms with Crippen molar-refractivity contribution in [2.24, 2.45) is 5.84 Å². The topological polar surface area (TPSA) is 56.5 Å². The molecule has 1 atom stereocenters. The maximum Gasteiger partial charge on any atom is 0.166 e. The molecule has 0 bridgehead atoms. The molecule has 0 radical (unpaired) electrons. The summed E-state index contributed by atoms with van der Waals surface area (Å²) in [7, 11) is 0. The number of benzene rings is 2. The van der Waals surface area contributed by atoms with Crippen LogP contribution in [0, 0.1) is 13.8 Å². The van der Waals surface area contributed by atoms with E-state index in [1.54, 1.807) is 0 Å². The van der Waals surface area contributed by atoms with E-state index in [9.17, 15) is 0 Å². The molecule has 110 valence electrons. The van der Waals surface area contributed by atoms with E-state index in [0.717, 1.165) is 22.6 Å². The van der Waals surface area contributed by atoms with Crippen LogP contribution in [0.5, 0.6) is 11.5 Å². The molecule has 3 rings (SSSR count). The van der Waals surface area contributed by atoms with Gasteiger partial charge in [0.25, 0.3) is 0 Å². The Balaban J connectivity index is 2.08. The molecule has 0 aromatic heterocycles. The highest BCUT2D eigenvalue weighted by atomic mass is 16.6. The van der Waals surface area contributed by atoms with E-state index >= 15 is 0 Å². The van der Waals surface area contributed by atoms with Gasteiger partial charge in [0.1, 0.15) is 13.2 Å². The number of hydrogen-bond donors (Lipinski definition) is 2. The summed E-state index contributed by atoms with van der Waals surface area (Å²) >= 11 is 0. The van der Waals surface area contributed by atoms with Gasteiger partial charge in [-0.1, -0.05) is 41.5 Å². The lowest BCUT2D eigenvalue weighted by Crippen LogP contribution is -2.30. The number of rotatable bonds is 3. The largest absolute Gasteiger partial charge is 0.486 e. The Morgan fingerprint density at radius 3 is 2.48 bits per heavy atom. The summed E-state index contributed by atoms with van der Waals surface area (Å²) in [6.45, 7) is 5.32. The molecular formula is C17H20N2O2. The Bertz CT molecular complexity index is 635. The van der Waals surface area contributed by atoms with Crippen LogP contribution in [-0.2, 0) is 0 Å². The van der Waals surface area contributed by atoms with Crippen molar-refractivity contribution in [3.8, 4) is 11.5 Å². The molecule has 0 fully saturated rings. The molecule has 2 aromatic rings. The molecule has 21 heavy (non-hydrogen) atoms. The number of nitrogens with two attached hydrogens (primary N) is 1. The fourth-order valence-electron chi connectivity index (χ4n) is 2.87. The maximum atomic E-state index is 5.82. The summed E-state index contributed by atoms with van der Waals surface area (Å²) in [5, 5.41) is 0.